The van der Waals surface area contributed by atoms with Gasteiger partial charge in [0.1, 0.15) is 5.82 Å². The van der Waals surface area contributed by atoms with Crippen LogP contribution in [-0.2, 0) is 6.54 Å². The third-order valence-corrected chi connectivity index (χ3v) is 5.13. The highest BCUT2D eigenvalue weighted by Crippen LogP contribution is 2.27. The average Bonchev–Trinajstić information content (AvgIpc) is 3.27. The quantitative estimate of drug-likeness (QED) is 0.557. The molecule has 0 aliphatic heterocycles. The molecule has 0 spiro atoms. The van der Waals surface area contributed by atoms with E-state index in [1.54, 1.807) is 47.9 Å². The maximum atomic E-state index is 13.0. The number of amides is 1. The van der Waals surface area contributed by atoms with Crippen molar-refractivity contribution in [2.75, 3.05) is 19.4 Å². The minimum absolute atomic E-state index is 0.0532. The van der Waals surface area contributed by atoms with Crippen LogP contribution >= 0.6 is 11.3 Å². The summed E-state index contributed by atoms with van der Waals surface area (Å²) in [5.74, 6) is -0.307. The number of imidazole rings is 1. The lowest BCUT2D eigenvalue weighted by Gasteiger charge is -2.10. The molecule has 0 radical (unpaired) electrons. The highest BCUT2D eigenvalue weighted by atomic mass is 32.1. The lowest BCUT2D eigenvalue weighted by atomic mass is 10.1. The number of nitrogens with one attached hydrogen (secondary N) is 1. The number of carbonyl (C=O) groups excluding carboxylic acids is 1. The van der Waals surface area contributed by atoms with E-state index in [9.17, 15) is 9.18 Å². The smallest absolute Gasteiger partial charge is 0.253 e. The Morgan fingerprint density at radius 2 is 2.00 bits per heavy atom. The van der Waals surface area contributed by atoms with Crippen LogP contribution in [0.25, 0.3) is 16.2 Å². The van der Waals surface area contributed by atoms with E-state index in [1.807, 2.05) is 18.2 Å². The van der Waals surface area contributed by atoms with Crippen LogP contribution in [0.4, 0.5) is 9.52 Å². The zero-order chi connectivity index (χ0) is 19.7. The van der Waals surface area contributed by atoms with E-state index in [-0.39, 0.29) is 11.7 Å². The molecular weight excluding hydrogens is 377 g/mol. The molecule has 0 aliphatic carbocycles. The molecule has 8 heteroatoms. The monoisotopic (exact) mass is 395 g/mol. The molecule has 28 heavy (non-hydrogen) atoms. The van der Waals surface area contributed by atoms with Crippen LogP contribution in [0.2, 0.25) is 0 Å². The van der Waals surface area contributed by atoms with E-state index in [4.69, 9.17) is 0 Å². The minimum Gasteiger partial charge on any atom is -0.356 e. The Labute approximate surface area is 165 Å². The summed E-state index contributed by atoms with van der Waals surface area (Å²) in [6.07, 6.45) is 1.75. The van der Waals surface area contributed by atoms with E-state index in [2.05, 4.69) is 15.4 Å². The molecule has 4 aromatic rings. The average molecular weight is 395 g/mol. The Kier molecular flexibility index (Phi) is 4.79. The Morgan fingerprint density at radius 3 is 2.75 bits per heavy atom. The van der Waals surface area contributed by atoms with Crippen molar-refractivity contribution < 1.29 is 9.18 Å². The fourth-order valence-electron chi connectivity index (χ4n) is 2.81. The van der Waals surface area contributed by atoms with Gasteiger partial charge in [0.25, 0.3) is 5.91 Å². The second kappa shape index (κ2) is 7.40. The molecule has 0 fully saturated rings. The molecule has 2 aromatic heterocycles. The number of benzene rings is 2. The number of hydrogen-bond acceptors (Lipinski definition) is 5. The molecule has 1 amide bonds. The molecule has 0 aliphatic rings. The maximum absolute atomic E-state index is 13.0. The summed E-state index contributed by atoms with van der Waals surface area (Å²) in [6.45, 7) is 0.541. The van der Waals surface area contributed by atoms with Crippen LogP contribution in [0.1, 0.15) is 15.9 Å². The van der Waals surface area contributed by atoms with Crippen molar-refractivity contribution in [3.8, 4) is 11.3 Å². The molecule has 0 saturated heterocycles. The third-order valence-electron chi connectivity index (χ3n) is 4.25. The number of hydrogen-bond donors (Lipinski definition) is 1. The number of anilines is 1. The van der Waals surface area contributed by atoms with Crippen LogP contribution in [0.15, 0.2) is 54.7 Å². The Hall–Kier alpha value is -3.26. The first-order valence-electron chi connectivity index (χ1n) is 8.66. The summed E-state index contributed by atoms with van der Waals surface area (Å²) in [5, 5.41) is 8.54. The van der Waals surface area contributed by atoms with Crippen molar-refractivity contribution in [1.82, 2.24) is 19.5 Å². The molecule has 2 heterocycles. The molecule has 4 rings (SSSR count). The molecule has 0 unspecified atom stereocenters. The van der Waals surface area contributed by atoms with Gasteiger partial charge < -0.3 is 10.2 Å². The normalized spacial score (nSPS) is 11.0. The van der Waals surface area contributed by atoms with E-state index in [1.165, 1.54) is 23.5 Å². The second-order valence-corrected chi connectivity index (χ2v) is 7.46. The van der Waals surface area contributed by atoms with Gasteiger partial charge in [0, 0.05) is 31.8 Å². The van der Waals surface area contributed by atoms with Crippen LogP contribution in [0.5, 0.6) is 0 Å². The van der Waals surface area contributed by atoms with Crippen molar-refractivity contribution in [2.45, 2.75) is 6.54 Å². The number of fused-ring (bicyclic) bond motifs is 1. The van der Waals surface area contributed by atoms with Gasteiger partial charge in [0.15, 0.2) is 0 Å². The largest absolute Gasteiger partial charge is 0.356 e. The van der Waals surface area contributed by atoms with Gasteiger partial charge in [-0.1, -0.05) is 35.6 Å². The SMILES string of the molecule is CN(C)C(=O)c1cccc(-c2cnc3sc(NCc4ccc(F)cc4)nn23)c1. The van der Waals surface area contributed by atoms with Crippen molar-refractivity contribution >= 4 is 27.3 Å². The van der Waals surface area contributed by atoms with E-state index < -0.39 is 0 Å². The van der Waals surface area contributed by atoms with Crippen molar-refractivity contribution in [3.63, 3.8) is 0 Å². The number of aromatic nitrogens is 3. The van der Waals surface area contributed by atoms with E-state index >= 15 is 0 Å². The summed E-state index contributed by atoms with van der Waals surface area (Å²) in [5.41, 5.74) is 3.26. The van der Waals surface area contributed by atoms with Gasteiger partial charge in [-0.2, -0.15) is 0 Å². The van der Waals surface area contributed by atoms with Crippen LogP contribution < -0.4 is 5.32 Å². The first-order valence-corrected chi connectivity index (χ1v) is 9.48. The highest BCUT2D eigenvalue weighted by molar-refractivity contribution is 7.20. The molecule has 6 nitrogen and oxygen atoms in total. The number of nitrogens with zero attached hydrogens (tertiary/aromatic N) is 4. The van der Waals surface area contributed by atoms with Gasteiger partial charge in [-0.25, -0.2) is 13.9 Å². The van der Waals surface area contributed by atoms with Gasteiger partial charge in [0.2, 0.25) is 10.1 Å². The van der Waals surface area contributed by atoms with Crippen molar-refractivity contribution in [2.24, 2.45) is 0 Å². The Bertz CT molecular complexity index is 1130. The zero-order valence-electron chi connectivity index (χ0n) is 15.4. The summed E-state index contributed by atoms with van der Waals surface area (Å²) < 4.78 is 14.8. The summed E-state index contributed by atoms with van der Waals surface area (Å²) in [4.78, 5) is 19.0. The lowest BCUT2D eigenvalue weighted by molar-refractivity contribution is 0.0827. The Balaban J connectivity index is 1.59. The predicted octanol–water partition coefficient (Wildman–Crippen LogP) is 3.91. The molecule has 1 N–H and O–H groups in total. The van der Waals surface area contributed by atoms with Crippen molar-refractivity contribution in [1.29, 1.82) is 0 Å². The van der Waals surface area contributed by atoms with Gasteiger partial charge in [-0.05, 0) is 29.8 Å². The van der Waals surface area contributed by atoms with E-state index in [0.717, 1.165) is 21.8 Å². The zero-order valence-corrected chi connectivity index (χ0v) is 16.2. The number of carbonyl (C=O) groups is 1. The number of halogens is 1. The first-order chi connectivity index (χ1) is 13.5. The third kappa shape index (κ3) is 3.59. The van der Waals surface area contributed by atoms with Gasteiger partial charge in [0.05, 0.1) is 11.9 Å². The molecular formula is C20H18FN5OS. The van der Waals surface area contributed by atoms with Crippen LogP contribution in [0.3, 0.4) is 0 Å². The maximum Gasteiger partial charge on any atom is 0.253 e. The molecule has 2 aromatic carbocycles. The van der Waals surface area contributed by atoms with Crippen molar-refractivity contribution in [3.05, 3.63) is 71.7 Å². The van der Waals surface area contributed by atoms with Gasteiger partial charge in [-0.15, -0.1) is 5.10 Å². The molecule has 0 bridgehead atoms. The van der Waals surface area contributed by atoms with Gasteiger partial charge in [-0.3, -0.25) is 4.79 Å². The first kappa shape index (κ1) is 18.1. The summed E-state index contributed by atoms with van der Waals surface area (Å²) >= 11 is 1.43. The fourth-order valence-corrected chi connectivity index (χ4v) is 3.58. The minimum atomic E-state index is -0.254. The fraction of sp³-hybridized carbons (Fsp3) is 0.150. The molecule has 142 valence electrons. The van der Waals surface area contributed by atoms with Gasteiger partial charge >= 0.3 is 0 Å². The predicted molar refractivity (Wildman–Crippen MR) is 108 cm³/mol. The second-order valence-electron chi connectivity index (χ2n) is 6.51. The summed E-state index contributed by atoms with van der Waals surface area (Å²) in [7, 11) is 3.46. The standard InChI is InChI=1S/C20H18FN5OS/c1-25(2)18(27)15-5-3-4-14(10-15)17-12-23-20-26(17)24-19(28-20)22-11-13-6-8-16(21)9-7-13/h3-10,12H,11H2,1-2H3,(H,22,24). The highest BCUT2D eigenvalue weighted by Gasteiger charge is 2.14. The lowest BCUT2D eigenvalue weighted by Crippen LogP contribution is -2.21. The molecule has 0 atom stereocenters. The van der Waals surface area contributed by atoms with E-state index in [0.29, 0.717) is 17.2 Å². The Morgan fingerprint density at radius 1 is 1.21 bits per heavy atom. The van der Waals surface area contributed by atoms with Crippen LogP contribution in [-0.4, -0.2) is 39.5 Å². The number of rotatable bonds is 5. The summed E-state index contributed by atoms with van der Waals surface area (Å²) in [6, 6.07) is 13.8. The van der Waals surface area contributed by atoms with Crippen LogP contribution in [0, 0.1) is 5.82 Å². The topological polar surface area (TPSA) is 62.5 Å². The molecule has 0 saturated carbocycles.